The number of rotatable bonds is 4. The van der Waals surface area contributed by atoms with Gasteiger partial charge in [-0.1, -0.05) is 75.0 Å². The molecule has 2 heterocycles. The summed E-state index contributed by atoms with van der Waals surface area (Å²) in [5.74, 6) is -0.136. The highest BCUT2D eigenvalue weighted by Gasteiger charge is 2.25. The summed E-state index contributed by atoms with van der Waals surface area (Å²) in [4.78, 5) is 23.3. The van der Waals surface area contributed by atoms with Crippen molar-refractivity contribution in [2.75, 3.05) is 0 Å². The van der Waals surface area contributed by atoms with Crippen LogP contribution in [0.4, 0.5) is 0 Å². The highest BCUT2D eigenvalue weighted by Crippen LogP contribution is 2.33. The van der Waals surface area contributed by atoms with Gasteiger partial charge in [0, 0.05) is 21.4 Å². The van der Waals surface area contributed by atoms with Crippen LogP contribution in [0.5, 0.6) is 0 Å². The fraction of sp³-hybridized carbons (Fsp3) is 0.167. The molecule has 0 aliphatic carbocycles. The van der Waals surface area contributed by atoms with E-state index in [0.717, 1.165) is 37.5 Å². The van der Waals surface area contributed by atoms with Crippen LogP contribution < -0.4 is 0 Å². The third-order valence-corrected chi connectivity index (χ3v) is 6.86. The Morgan fingerprint density at radius 1 is 0.914 bits per heavy atom. The predicted molar refractivity (Wildman–Crippen MR) is 143 cm³/mol. The predicted octanol–water partition coefficient (Wildman–Crippen LogP) is 7.34. The van der Waals surface area contributed by atoms with Crippen LogP contribution in [0, 0.1) is 6.92 Å². The Labute approximate surface area is 209 Å². The Kier molecular flexibility index (Phi) is 6.03. The Balaban J connectivity index is 1.55. The zero-order chi connectivity index (χ0) is 24.6. The highest BCUT2D eigenvalue weighted by atomic mass is 32.2. The summed E-state index contributed by atoms with van der Waals surface area (Å²) in [6.07, 6.45) is 1.77. The van der Waals surface area contributed by atoms with E-state index in [0.29, 0.717) is 5.90 Å². The number of esters is 1. The smallest absolute Gasteiger partial charge is 0.363 e. The van der Waals surface area contributed by atoms with Gasteiger partial charge in [-0.25, -0.2) is 14.8 Å². The number of aliphatic imine (C=N–C) groups is 1. The molecule has 5 rings (SSSR count). The maximum Gasteiger partial charge on any atom is 0.363 e. The van der Waals surface area contributed by atoms with Crippen molar-refractivity contribution in [3.63, 3.8) is 0 Å². The van der Waals surface area contributed by atoms with Gasteiger partial charge < -0.3 is 4.74 Å². The molecule has 174 valence electrons. The van der Waals surface area contributed by atoms with E-state index >= 15 is 0 Å². The van der Waals surface area contributed by atoms with Crippen molar-refractivity contribution in [1.29, 1.82) is 0 Å². The Morgan fingerprint density at radius 2 is 1.66 bits per heavy atom. The molecular weight excluding hydrogens is 452 g/mol. The summed E-state index contributed by atoms with van der Waals surface area (Å²) in [5.41, 5.74) is 5.20. The van der Waals surface area contributed by atoms with Gasteiger partial charge in [0.2, 0.25) is 5.90 Å². The van der Waals surface area contributed by atoms with E-state index in [1.807, 2.05) is 42.5 Å². The van der Waals surface area contributed by atoms with E-state index in [-0.39, 0.29) is 11.1 Å². The molecule has 0 radical (unpaired) electrons. The summed E-state index contributed by atoms with van der Waals surface area (Å²) in [7, 11) is 0. The van der Waals surface area contributed by atoms with Gasteiger partial charge in [-0.2, -0.15) is 0 Å². The fourth-order valence-electron chi connectivity index (χ4n) is 3.85. The van der Waals surface area contributed by atoms with E-state index in [2.05, 4.69) is 69.1 Å². The molecule has 0 atom stereocenters. The maximum atomic E-state index is 12.7. The SMILES string of the molecule is Cc1ccc2cc(/C=C3/N=C(c4ccc(C(C)(C)C)cc4)OC3=O)c(Sc3ccccc3)nc2c1. The molecule has 0 saturated heterocycles. The number of cyclic esters (lactones) is 1. The number of pyridine rings is 1. The Bertz CT molecular complexity index is 1480. The van der Waals surface area contributed by atoms with Crippen LogP contribution in [-0.4, -0.2) is 16.9 Å². The van der Waals surface area contributed by atoms with Crippen LogP contribution in [0.3, 0.4) is 0 Å². The van der Waals surface area contributed by atoms with Gasteiger partial charge in [0.15, 0.2) is 5.70 Å². The lowest BCUT2D eigenvalue weighted by molar-refractivity contribution is -0.129. The molecule has 0 saturated carbocycles. The van der Waals surface area contributed by atoms with E-state index in [4.69, 9.17) is 9.72 Å². The molecular formula is C30H26N2O2S. The number of carbonyl (C=O) groups is 1. The Hall–Kier alpha value is -3.70. The van der Waals surface area contributed by atoms with Gasteiger partial charge in [0.1, 0.15) is 5.03 Å². The van der Waals surface area contributed by atoms with Crippen molar-refractivity contribution in [3.8, 4) is 0 Å². The second kappa shape index (κ2) is 9.16. The van der Waals surface area contributed by atoms with Crippen LogP contribution in [0.2, 0.25) is 0 Å². The number of aryl methyl sites for hydroxylation is 1. The normalized spacial score (nSPS) is 14.9. The van der Waals surface area contributed by atoms with Crippen molar-refractivity contribution in [2.24, 2.45) is 4.99 Å². The minimum atomic E-state index is -0.459. The van der Waals surface area contributed by atoms with Crippen molar-refractivity contribution in [3.05, 3.63) is 107 Å². The van der Waals surface area contributed by atoms with Crippen LogP contribution in [0.1, 0.15) is 43.0 Å². The first kappa shape index (κ1) is 23.1. The van der Waals surface area contributed by atoms with Crippen LogP contribution in [0.25, 0.3) is 17.0 Å². The number of carbonyl (C=O) groups excluding carboxylic acids is 1. The number of hydrogen-bond acceptors (Lipinski definition) is 5. The highest BCUT2D eigenvalue weighted by molar-refractivity contribution is 7.99. The second-order valence-electron chi connectivity index (χ2n) is 9.66. The standard InChI is InChI=1S/C30H26N2O2S/c1-19-10-11-21-17-22(28(32-25(21)16-19)35-24-8-6-5-7-9-24)18-26-29(33)34-27(31-26)20-12-14-23(15-13-20)30(2,3)4/h5-18H,1-4H3/b26-18+. The number of fused-ring (bicyclic) bond motifs is 1. The molecule has 1 aromatic heterocycles. The number of hydrogen-bond donors (Lipinski definition) is 0. The first-order valence-electron chi connectivity index (χ1n) is 11.5. The molecule has 0 fully saturated rings. The molecule has 0 bridgehead atoms. The zero-order valence-electron chi connectivity index (χ0n) is 20.2. The molecule has 1 aliphatic heterocycles. The summed E-state index contributed by atoms with van der Waals surface area (Å²) in [5, 5.41) is 1.82. The minimum Gasteiger partial charge on any atom is -0.402 e. The zero-order valence-corrected chi connectivity index (χ0v) is 21.0. The van der Waals surface area contributed by atoms with Crippen LogP contribution >= 0.6 is 11.8 Å². The minimum absolute atomic E-state index is 0.0478. The lowest BCUT2D eigenvalue weighted by atomic mass is 9.87. The summed E-state index contributed by atoms with van der Waals surface area (Å²) < 4.78 is 5.53. The fourth-order valence-corrected chi connectivity index (χ4v) is 4.75. The molecule has 35 heavy (non-hydrogen) atoms. The van der Waals surface area contributed by atoms with Crippen molar-refractivity contribution < 1.29 is 9.53 Å². The molecule has 0 spiro atoms. The first-order valence-corrected chi connectivity index (χ1v) is 12.4. The van der Waals surface area contributed by atoms with Gasteiger partial charge in [-0.05, 0) is 65.9 Å². The number of nitrogens with zero attached hydrogens (tertiary/aromatic N) is 2. The summed E-state index contributed by atoms with van der Waals surface area (Å²) >= 11 is 1.56. The van der Waals surface area contributed by atoms with Crippen molar-refractivity contribution in [1.82, 2.24) is 4.98 Å². The van der Waals surface area contributed by atoms with E-state index in [1.165, 1.54) is 5.56 Å². The van der Waals surface area contributed by atoms with E-state index in [9.17, 15) is 4.79 Å². The Morgan fingerprint density at radius 3 is 2.37 bits per heavy atom. The van der Waals surface area contributed by atoms with Gasteiger partial charge >= 0.3 is 5.97 Å². The molecule has 0 N–H and O–H groups in total. The number of aromatic nitrogens is 1. The van der Waals surface area contributed by atoms with Gasteiger partial charge in [0.05, 0.1) is 5.52 Å². The number of benzene rings is 3. The summed E-state index contributed by atoms with van der Waals surface area (Å²) in [6.45, 7) is 8.56. The second-order valence-corrected chi connectivity index (χ2v) is 10.7. The van der Waals surface area contributed by atoms with Crippen LogP contribution in [-0.2, 0) is 14.9 Å². The van der Waals surface area contributed by atoms with E-state index < -0.39 is 5.97 Å². The molecule has 4 nitrogen and oxygen atoms in total. The van der Waals surface area contributed by atoms with Crippen LogP contribution in [0.15, 0.2) is 99.5 Å². The average Bonchev–Trinajstić information content (AvgIpc) is 3.20. The monoisotopic (exact) mass is 478 g/mol. The van der Waals surface area contributed by atoms with Crippen molar-refractivity contribution >= 4 is 40.6 Å². The van der Waals surface area contributed by atoms with Gasteiger partial charge in [-0.3, -0.25) is 0 Å². The quantitative estimate of drug-likeness (QED) is 0.227. The third-order valence-electron chi connectivity index (χ3n) is 5.83. The lowest BCUT2D eigenvalue weighted by Gasteiger charge is -2.18. The molecule has 4 aromatic rings. The molecule has 1 aliphatic rings. The lowest BCUT2D eigenvalue weighted by Crippen LogP contribution is -2.11. The molecule has 0 amide bonds. The number of ether oxygens (including phenoxy) is 1. The van der Waals surface area contributed by atoms with Gasteiger partial charge in [0.25, 0.3) is 0 Å². The largest absolute Gasteiger partial charge is 0.402 e. The summed E-state index contributed by atoms with van der Waals surface area (Å²) in [6, 6.07) is 26.3. The van der Waals surface area contributed by atoms with Crippen molar-refractivity contribution in [2.45, 2.75) is 43.0 Å². The third kappa shape index (κ3) is 5.05. The van der Waals surface area contributed by atoms with E-state index in [1.54, 1.807) is 17.8 Å². The molecule has 5 heteroatoms. The van der Waals surface area contributed by atoms with Gasteiger partial charge in [-0.15, -0.1) is 0 Å². The average molecular weight is 479 g/mol. The first-order chi connectivity index (χ1) is 16.8. The molecule has 3 aromatic carbocycles. The maximum absolute atomic E-state index is 12.7. The molecule has 0 unspecified atom stereocenters. The topological polar surface area (TPSA) is 51.5 Å².